The van der Waals surface area contributed by atoms with Gasteiger partial charge in [-0.25, -0.2) is 9.78 Å². The van der Waals surface area contributed by atoms with Crippen LogP contribution >= 0.6 is 34.9 Å². The second-order valence-corrected chi connectivity index (χ2v) is 8.74. The van der Waals surface area contributed by atoms with Crippen molar-refractivity contribution in [1.82, 2.24) is 15.2 Å². The van der Waals surface area contributed by atoms with Crippen LogP contribution in [0.5, 0.6) is 0 Å². The summed E-state index contributed by atoms with van der Waals surface area (Å²) < 4.78 is 0. The Kier molecular flexibility index (Phi) is 8.65. The van der Waals surface area contributed by atoms with Gasteiger partial charge in [0.05, 0.1) is 5.75 Å². The number of carbonyl (C=O) groups is 3. The van der Waals surface area contributed by atoms with E-state index >= 15 is 0 Å². The molecule has 1 aromatic rings. The fraction of sp³-hybridized carbons (Fsp3) is 0.312. The van der Waals surface area contributed by atoms with Crippen molar-refractivity contribution in [3.05, 3.63) is 21.7 Å². The molecular formula is C16H16N5NaO5S3. The number of carboxylic acid groups (broad SMARTS) is 1. The second kappa shape index (κ2) is 10.6. The van der Waals surface area contributed by atoms with Crippen molar-refractivity contribution in [2.45, 2.75) is 18.3 Å². The number of carbonyl (C=O) groups excluding carboxylic acids is 2. The molecule has 2 atom stereocenters. The molecule has 0 spiro atoms. The van der Waals surface area contributed by atoms with Crippen molar-refractivity contribution in [3.8, 4) is 11.8 Å². The van der Waals surface area contributed by atoms with Crippen LogP contribution in [0.25, 0.3) is 0 Å². The van der Waals surface area contributed by atoms with Crippen LogP contribution in [0.2, 0.25) is 0 Å². The van der Waals surface area contributed by atoms with E-state index in [9.17, 15) is 19.5 Å². The second-order valence-electron chi connectivity index (χ2n) is 5.67. The van der Waals surface area contributed by atoms with Gasteiger partial charge in [0.2, 0.25) is 0 Å². The first kappa shape index (κ1) is 24.6. The average Bonchev–Trinajstić information content (AvgIpc) is 3.12. The first-order chi connectivity index (χ1) is 13.9. The Bertz CT molecular complexity index is 1010. The monoisotopic (exact) mass is 477 g/mol. The third kappa shape index (κ3) is 4.79. The molecule has 2 aliphatic rings. The van der Waals surface area contributed by atoms with Gasteiger partial charge in [-0.2, -0.15) is 0 Å². The Morgan fingerprint density at radius 3 is 2.87 bits per heavy atom. The summed E-state index contributed by atoms with van der Waals surface area (Å²) in [7, 11) is 0. The number of hydrogen-bond donors (Lipinski definition) is 4. The number of fused-ring (bicyclic) bond motifs is 1. The molecule has 14 heteroatoms. The molecule has 3 rings (SSSR count). The van der Waals surface area contributed by atoms with Crippen LogP contribution in [0.3, 0.4) is 0 Å². The Morgan fingerprint density at radius 1 is 1.57 bits per heavy atom. The van der Waals surface area contributed by atoms with Crippen molar-refractivity contribution >= 4 is 63.5 Å². The van der Waals surface area contributed by atoms with E-state index in [1.165, 1.54) is 33.8 Å². The van der Waals surface area contributed by atoms with Crippen LogP contribution in [0.4, 0.5) is 5.13 Å². The maximum atomic E-state index is 12.6. The number of hydrogen-bond acceptors (Lipinski definition) is 10. The van der Waals surface area contributed by atoms with E-state index < -0.39 is 29.2 Å². The first-order valence-corrected chi connectivity index (χ1v) is 11.0. The van der Waals surface area contributed by atoms with Crippen molar-refractivity contribution in [2.24, 2.45) is 5.16 Å². The first-order valence-electron chi connectivity index (χ1n) is 8.06. The zero-order chi connectivity index (χ0) is 21.1. The van der Waals surface area contributed by atoms with Gasteiger partial charge >= 0.3 is 35.5 Å². The summed E-state index contributed by atoms with van der Waals surface area (Å²) in [5.41, 5.74) is 5.13. The Balaban J connectivity index is 0.00000240. The number of aliphatic carboxylic acids is 1. The minimum absolute atomic E-state index is 0. The van der Waals surface area contributed by atoms with Gasteiger partial charge in [-0.05, 0) is 6.92 Å². The van der Waals surface area contributed by atoms with E-state index in [2.05, 4.69) is 27.3 Å². The van der Waals surface area contributed by atoms with E-state index in [0.29, 0.717) is 16.4 Å². The minimum Gasteiger partial charge on any atom is -1.00 e. The molecule has 1 saturated heterocycles. The molecule has 0 unspecified atom stereocenters. The number of β-lactam (4-membered cyclic amide) rings is 1. The van der Waals surface area contributed by atoms with Gasteiger partial charge in [-0.3, -0.25) is 14.5 Å². The Labute approximate surface area is 207 Å². The number of nitrogens with two attached hydrogens (primary N) is 1. The maximum absolute atomic E-state index is 12.6. The number of anilines is 1. The van der Waals surface area contributed by atoms with E-state index in [1.54, 1.807) is 6.92 Å². The van der Waals surface area contributed by atoms with Crippen molar-refractivity contribution in [2.75, 3.05) is 17.2 Å². The summed E-state index contributed by atoms with van der Waals surface area (Å²) in [6.07, 6.45) is 0. The molecule has 1 aromatic heterocycles. The quantitative estimate of drug-likeness (QED) is 0.0866. The Morgan fingerprint density at radius 2 is 2.30 bits per heavy atom. The summed E-state index contributed by atoms with van der Waals surface area (Å²) in [6.45, 7) is 1.69. The normalized spacial score (nSPS) is 20.4. The third-order valence-corrected chi connectivity index (χ3v) is 7.11. The summed E-state index contributed by atoms with van der Waals surface area (Å²) in [5.74, 6) is 3.80. The molecule has 154 valence electrons. The van der Waals surface area contributed by atoms with Gasteiger partial charge < -0.3 is 22.8 Å². The molecule has 10 nitrogen and oxygen atoms in total. The van der Waals surface area contributed by atoms with Crippen LogP contribution < -0.4 is 40.6 Å². The molecule has 5 N–H and O–H groups in total. The molecule has 2 aliphatic heterocycles. The average molecular weight is 478 g/mol. The van der Waals surface area contributed by atoms with Crippen LogP contribution in [0, 0.1) is 11.8 Å². The minimum atomic E-state index is -1.21. The van der Waals surface area contributed by atoms with E-state index in [-0.39, 0.29) is 53.2 Å². The molecule has 0 aliphatic carbocycles. The Hall–Kier alpha value is -1.69. The third-order valence-electron chi connectivity index (χ3n) is 4.00. The zero-order valence-corrected chi connectivity index (χ0v) is 20.4. The zero-order valence-electron chi connectivity index (χ0n) is 16.9. The fourth-order valence-corrected chi connectivity index (χ4v) is 5.71. The van der Waals surface area contributed by atoms with E-state index in [1.807, 2.05) is 0 Å². The molecule has 2 amide bonds. The van der Waals surface area contributed by atoms with E-state index in [4.69, 9.17) is 10.9 Å². The van der Waals surface area contributed by atoms with Gasteiger partial charge in [0.25, 0.3) is 11.8 Å². The van der Waals surface area contributed by atoms with Crippen molar-refractivity contribution < 1.29 is 55.7 Å². The number of rotatable bonds is 6. The SMILES string of the molecule is CC#CCSC1=C(C(=O)O)N2C(=O)[C@@H](NC(=O)/C(=N\O)c3csc(N)n3)[C@H]2SC1.[H-].[Na+]. The predicted octanol–water partition coefficient (Wildman–Crippen LogP) is -2.53. The fourth-order valence-electron chi connectivity index (χ4n) is 2.72. The summed E-state index contributed by atoms with van der Waals surface area (Å²) in [6, 6.07) is -0.948. The van der Waals surface area contributed by atoms with Gasteiger partial charge in [-0.15, -0.1) is 40.8 Å². The standard InChI is InChI=1S/C16H15N5O5S3.Na.H/c1-2-3-4-27-8-6-28-14-10(13(23)21(14)11(8)15(24)25)19-12(22)9(20-26)7-5-29-16(17)18-7;;/h5,10,14,26H,4,6H2,1H3,(H2,17,18)(H,19,22)(H,24,25);;/q;+1;-1/b20-9-;;/t10-,14-;;/m1../s1. The van der Waals surface area contributed by atoms with Crippen LogP contribution in [-0.4, -0.2) is 66.6 Å². The number of carboxylic acids is 1. The van der Waals surface area contributed by atoms with Gasteiger partial charge in [0.1, 0.15) is 22.8 Å². The topological polar surface area (TPSA) is 158 Å². The number of nitrogens with zero attached hydrogens (tertiary/aromatic N) is 3. The van der Waals surface area contributed by atoms with Gasteiger partial charge in [-0.1, -0.05) is 11.1 Å². The number of nitrogens with one attached hydrogen (secondary N) is 1. The number of aromatic nitrogens is 1. The molecule has 1 fully saturated rings. The number of oxime groups is 1. The molecule has 0 aromatic carbocycles. The van der Waals surface area contributed by atoms with Crippen LogP contribution in [0.1, 0.15) is 14.0 Å². The molecule has 0 saturated carbocycles. The van der Waals surface area contributed by atoms with Gasteiger partial charge in [0.15, 0.2) is 10.8 Å². The maximum Gasteiger partial charge on any atom is 1.00 e. The number of thiazole rings is 1. The van der Waals surface area contributed by atoms with Crippen molar-refractivity contribution in [3.63, 3.8) is 0 Å². The van der Waals surface area contributed by atoms with Crippen LogP contribution in [-0.2, 0) is 14.4 Å². The van der Waals surface area contributed by atoms with Gasteiger partial charge in [0, 0.05) is 16.0 Å². The summed E-state index contributed by atoms with van der Waals surface area (Å²) in [5, 5.41) is 25.3. The summed E-state index contributed by atoms with van der Waals surface area (Å²) >= 11 is 3.68. The molecule has 0 radical (unpaired) electrons. The molecular weight excluding hydrogens is 461 g/mol. The number of thioether (sulfide) groups is 2. The number of amides is 2. The molecule has 0 bridgehead atoms. The summed E-state index contributed by atoms with van der Waals surface area (Å²) in [4.78, 5) is 42.4. The smallest absolute Gasteiger partial charge is 1.00 e. The largest absolute Gasteiger partial charge is 1.00 e. The van der Waals surface area contributed by atoms with Crippen LogP contribution in [0.15, 0.2) is 21.1 Å². The van der Waals surface area contributed by atoms with Crippen molar-refractivity contribution in [1.29, 1.82) is 0 Å². The molecule has 30 heavy (non-hydrogen) atoms. The predicted molar refractivity (Wildman–Crippen MR) is 112 cm³/mol. The number of nitrogen functional groups attached to an aromatic ring is 1. The van der Waals surface area contributed by atoms with E-state index in [0.717, 1.165) is 11.3 Å². The molecule has 3 heterocycles.